The number of rotatable bonds is 1. The second-order valence-corrected chi connectivity index (χ2v) is 3.36. The van der Waals surface area contributed by atoms with Crippen LogP contribution in [-0.4, -0.2) is 41.2 Å². The second kappa shape index (κ2) is 3.33. The van der Waals surface area contributed by atoms with Crippen molar-refractivity contribution < 1.29 is 0 Å². The molecule has 1 aliphatic rings. The van der Waals surface area contributed by atoms with Crippen LogP contribution in [0.25, 0.3) is 0 Å². The van der Waals surface area contributed by atoms with Gasteiger partial charge < -0.3 is 10.2 Å². The van der Waals surface area contributed by atoms with Gasteiger partial charge in [-0.15, -0.1) is 5.10 Å². The van der Waals surface area contributed by atoms with E-state index in [2.05, 4.69) is 27.5 Å². The number of anilines is 1. The largest absolute Gasteiger partial charge is 0.351 e. The van der Waals surface area contributed by atoms with Crippen molar-refractivity contribution in [3.63, 3.8) is 0 Å². The minimum absolute atomic E-state index is 1.03. The quantitative estimate of drug-likeness (QED) is 0.636. The molecular weight excluding hydrogens is 166 g/mol. The van der Waals surface area contributed by atoms with Crippen LogP contribution in [0.2, 0.25) is 0 Å². The molecular formula is C8H15N5. The normalized spacial score (nSPS) is 17.8. The molecule has 0 atom stereocenters. The minimum atomic E-state index is 1.03. The zero-order chi connectivity index (χ0) is 9.26. The van der Waals surface area contributed by atoms with Crippen LogP contribution < -0.4 is 10.2 Å². The summed E-state index contributed by atoms with van der Waals surface area (Å²) in [5.74, 6) is 1.03. The first-order chi connectivity index (χ1) is 6.29. The molecule has 5 heteroatoms. The SMILES string of the molecule is Cc1c(N2CCNCC2)nnn1C. The van der Waals surface area contributed by atoms with Crippen molar-refractivity contribution in [2.75, 3.05) is 31.1 Å². The summed E-state index contributed by atoms with van der Waals surface area (Å²) in [6, 6.07) is 0. The molecule has 0 bridgehead atoms. The van der Waals surface area contributed by atoms with Gasteiger partial charge in [-0.05, 0) is 6.92 Å². The highest BCUT2D eigenvalue weighted by atomic mass is 15.5. The molecule has 1 aliphatic heterocycles. The molecule has 0 saturated carbocycles. The number of hydrogen-bond acceptors (Lipinski definition) is 4. The first-order valence-electron chi connectivity index (χ1n) is 4.61. The van der Waals surface area contributed by atoms with E-state index in [9.17, 15) is 0 Å². The van der Waals surface area contributed by atoms with Crippen molar-refractivity contribution in [3.05, 3.63) is 5.69 Å². The van der Waals surface area contributed by atoms with E-state index in [4.69, 9.17) is 0 Å². The van der Waals surface area contributed by atoms with Gasteiger partial charge in [0.2, 0.25) is 0 Å². The summed E-state index contributed by atoms with van der Waals surface area (Å²) in [5, 5.41) is 11.5. The lowest BCUT2D eigenvalue weighted by molar-refractivity contribution is 0.584. The molecule has 0 aliphatic carbocycles. The Morgan fingerprint density at radius 1 is 1.31 bits per heavy atom. The molecule has 0 amide bonds. The maximum Gasteiger partial charge on any atom is 0.174 e. The van der Waals surface area contributed by atoms with Crippen LogP contribution >= 0.6 is 0 Å². The van der Waals surface area contributed by atoms with E-state index in [-0.39, 0.29) is 0 Å². The average Bonchev–Trinajstić information content (AvgIpc) is 2.49. The fraction of sp³-hybridized carbons (Fsp3) is 0.750. The van der Waals surface area contributed by atoms with Gasteiger partial charge in [0.1, 0.15) is 0 Å². The third-order valence-electron chi connectivity index (χ3n) is 2.50. The topological polar surface area (TPSA) is 46.0 Å². The van der Waals surface area contributed by atoms with Crippen molar-refractivity contribution in [3.8, 4) is 0 Å². The molecule has 2 rings (SSSR count). The van der Waals surface area contributed by atoms with Gasteiger partial charge in [-0.2, -0.15) is 0 Å². The Morgan fingerprint density at radius 3 is 2.54 bits per heavy atom. The Morgan fingerprint density at radius 2 is 2.00 bits per heavy atom. The standard InChI is InChI=1S/C8H15N5/c1-7-8(10-11-12(7)2)13-5-3-9-4-6-13/h9H,3-6H2,1-2H3. The Hall–Kier alpha value is -1.10. The predicted molar refractivity (Wildman–Crippen MR) is 50.8 cm³/mol. The van der Waals surface area contributed by atoms with Gasteiger partial charge in [-0.3, -0.25) is 4.68 Å². The van der Waals surface area contributed by atoms with Crippen molar-refractivity contribution in [2.45, 2.75) is 6.92 Å². The molecule has 1 N–H and O–H groups in total. The number of aryl methyl sites for hydroxylation is 1. The van der Waals surface area contributed by atoms with Gasteiger partial charge in [-0.1, -0.05) is 5.21 Å². The first kappa shape index (κ1) is 8.50. The fourth-order valence-corrected chi connectivity index (χ4v) is 1.56. The number of nitrogens with zero attached hydrogens (tertiary/aromatic N) is 4. The lowest BCUT2D eigenvalue weighted by Gasteiger charge is -2.27. The van der Waals surface area contributed by atoms with E-state index in [0.717, 1.165) is 37.7 Å². The molecule has 13 heavy (non-hydrogen) atoms. The molecule has 1 fully saturated rings. The minimum Gasteiger partial charge on any atom is -0.351 e. The maximum absolute atomic E-state index is 4.15. The van der Waals surface area contributed by atoms with Crippen LogP contribution in [0.5, 0.6) is 0 Å². The number of aromatic nitrogens is 3. The van der Waals surface area contributed by atoms with Crippen LogP contribution in [0.1, 0.15) is 5.69 Å². The summed E-state index contributed by atoms with van der Waals surface area (Å²) < 4.78 is 1.82. The first-order valence-corrected chi connectivity index (χ1v) is 4.61. The van der Waals surface area contributed by atoms with E-state index in [1.54, 1.807) is 0 Å². The summed E-state index contributed by atoms with van der Waals surface area (Å²) in [4.78, 5) is 2.28. The van der Waals surface area contributed by atoms with Crippen LogP contribution in [0.4, 0.5) is 5.82 Å². The van der Waals surface area contributed by atoms with E-state index >= 15 is 0 Å². The van der Waals surface area contributed by atoms with Gasteiger partial charge in [0, 0.05) is 33.2 Å². The molecule has 0 unspecified atom stereocenters. The van der Waals surface area contributed by atoms with Gasteiger partial charge in [0.15, 0.2) is 5.82 Å². The molecule has 1 aromatic rings. The summed E-state index contributed by atoms with van der Waals surface area (Å²) in [5.41, 5.74) is 1.14. The van der Waals surface area contributed by atoms with Gasteiger partial charge >= 0.3 is 0 Å². The average molecular weight is 181 g/mol. The third kappa shape index (κ3) is 1.51. The second-order valence-electron chi connectivity index (χ2n) is 3.36. The molecule has 0 spiro atoms. The highest BCUT2D eigenvalue weighted by Gasteiger charge is 2.16. The van der Waals surface area contributed by atoms with E-state index in [1.807, 2.05) is 11.7 Å². The third-order valence-corrected chi connectivity index (χ3v) is 2.50. The Kier molecular flexibility index (Phi) is 2.18. The molecule has 1 aromatic heterocycles. The van der Waals surface area contributed by atoms with Crippen LogP contribution in [0, 0.1) is 6.92 Å². The molecule has 72 valence electrons. The van der Waals surface area contributed by atoms with Crippen LogP contribution in [-0.2, 0) is 7.05 Å². The zero-order valence-electron chi connectivity index (χ0n) is 8.12. The molecule has 0 aromatic carbocycles. The molecule has 2 heterocycles. The lowest BCUT2D eigenvalue weighted by atomic mass is 10.3. The van der Waals surface area contributed by atoms with Crippen molar-refractivity contribution in [1.82, 2.24) is 20.3 Å². The van der Waals surface area contributed by atoms with Gasteiger partial charge in [-0.25, -0.2) is 0 Å². The van der Waals surface area contributed by atoms with E-state index < -0.39 is 0 Å². The monoisotopic (exact) mass is 181 g/mol. The Bertz CT molecular complexity index is 287. The highest BCUT2D eigenvalue weighted by molar-refractivity contribution is 5.42. The Labute approximate surface area is 77.7 Å². The van der Waals surface area contributed by atoms with Crippen molar-refractivity contribution in [2.24, 2.45) is 7.05 Å². The van der Waals surface area contributed by atoms with Gasteiger partial charge in [0.25, 0.3) is 0 Å². The molecule has 0 radical (unpaired) electrons. The summed E-state index contributed by atoms with van der Waals surface area (Å²) >= 11 is 0. The summed E-state index contributed by atoms with van der Waals surface area (Å²) in [6.07, 6.45) is 0. The maximum atomic E-state index is 4.15. The highest BCUT2D eigenvalue weighted by Crippen LogP contribution is 2.14. The fourth-order valence-electron chi connectivity index (χ4n) is 1.56. The zero-order valence-corrected chi connectivity index (χ0v) is 8.12. The Balaban J connectivity index is 2.18. The van der Waals surface area contributed by atoms with Crippen LogP contribution in [0.3, 0.4) is 0 Å². The number of nitrogens with one attached hydrogen (secondary N) is 1. The predicted octanol–water partition coefficient (Wildman–Crippen LogP) is -0.467. The lowest BCUT2D eigenvalue weighted by Crippen LogP contribution is -2.44. The molecule has 5 nitrogen and oxygen atoms in total. The van der Waals surface area contributed by atoms with E-state index in [1.165, 1.54) is 0 Å². The smallest absolute Gasteiger partial charge is 0.174 e. The molecule has 1 saturated heterocycles. The number of hydrogen-bond donors (Lipinski definition) is 1. The van der Waals surface area contributed by atoms with Crippen molar-refractivity contribution >= 4 is 5.82 Å². The van der Waals surface area contributed by atoms with Gasteiger partial charge in [0.05, 0.1) is 5.69 Å². The number of piperazine rings is 1. The van der Waals surface area contributed by atoms with E-state index in [0.29, 0.717) is 0 Å². The van der Waals surface area contributed by atoms with Crippen LogP contribution in [0.15, 0.2) is 0 Å². The summed E-state index contributed by atoms with van der Waals surface area (Å²) in [6.45, 7) is 6.18. The summed E-state index contributed by atoms with van der Waals surface area (Å²) in [7, 11) is 1.92. The van der Waals surface area contributed by atoms with Crippen molar-refractivity contribution in [1.29, 1.82) is 0 Å².